The Morgan fingerprint density at radius 2 is 1.94 bits per heavy atom. The van der Waals surface area contributed by atoms with Crippen LogP contribution < -0.4 is 24.8 Å². The van der Waals surface area contributed by atoms with E-state index in [9.17, 15) is 22.8 Å². The molecule has 1 aliphatic heterocycles. The molecule has 2 aliphatic carbocycles. The summed E-state index contributed by atoms with van der Waals surface area (Å²) in [5.41, 5.74) is -0.760. The normalized spacial score (nSPS) is 23.9. The van der Waals surface area contributed by atoms with Gasteiger partial charge in [0.05, 0.1) is 18.9 Å². The number of methoxy groups -OCH3 is 1. The van der Waals surface area contributed by atoms with E-state index in [0.717, 1.165) is 16.6 Å². The average Bonchev–Trinajstić information content (AvgIpc) is 4.03. The standard InChI is InChI=1S/C37H46N6O7S/c1-8-24-19-37(24,35(46)42-51(47,48)27-10-11-27)41-32(44)29-18-26(50-33-28-12-9-25(49-7)17-23(28)13-14-38-33)20-43(29)34(45)31(36(4,5)6)40-30-16-21(2)15-22(3)39-30/h8-9,12-17,24,26-27,29,31H,1,10-11,18-20H2,2-7H3,(H,39,40)(H,41,44)(H,42,46)/t24-,26-,29+,31-,37-/m1/s1/i4D. The molecule has 0 spiro atoms. The van der Waals surface area contributed by atoms with Crippen LogP contribution in [0, 0.1) is 25.2 Å². The maximum absolute atomic E-state index is 14.7. The van der Waals surface area contributed by atoms with Crippen LogP contribution in [0.15, 0.2) is 55.3 Å². The highest BCUT2D eigenvalue weighted by Crippen LogP contribution is 2.45. The minimum Gasteiger partial charge on any atom is -0.497 e. The van der Waals surface area contributed by atoms with E-state index in [1.54, 1.807) is 33.2 Å². The topological polar surface area (TPSA) is 169 Å². The van der Waals surface area contributed by atoms with Gasteiger partial charge in [-0.15, -0.1) is 6.58 Å². The summed E-state index contributed by atoms with van der Waals surface area (Å²) in [7, 11) is -2.31. The molecular formula is C37H46N6O7S. The number of fused-ring (bicyclic) bond motifs is 1. The van der Waals surface area contributed by atoms with E-state index in [2.05, 4.69) is 31.9 Å². The summed E-state index contributed by atoms with van der Waals surface area (Å²) in [4.78, 5) is 53.0. The Balaban J connectivity index is 1.32. The SMILES string of the molecule is [2H]CC(C)(C)[C@H](Nc1cc(C)cc(C)n1)C(=O)N1C[C@H](Oc2nccc3cc(OC)ccc23)C[C@H]1C(=O)N[C@]1(C(=O)NS(=O)(=O)C2CC2)C[C@H]1C=C. The predicted molar refractivity (Wildman–Crippen MR) is 193 cm³/mol. The van der Waals surface area contributed by atoms with E-state index in [4.69, 9.17) is 10.8 Å². The van der Waals surface area contributed by atoms with E-state index in [1.165, 1.54) is 11.0 Å². The van der Waals surface area contributed by atoms with Gasteiger partial charge in [-0.05, 0) is 85.9 Å². The van der Waals surface area contributed by atoms with Gasteiger partial charge in [-0.2, -0.15) is 0 Å². The first-order valence-corrected chi connectivity index (χ1v) is 18.6. The van der Waals surface area contributed by atoms with Crippen molar-refractivity contribution in [2.45, 2.75) is 89.3 Å². The number of ether oxygens (including phenoxy) is 2. The molecule has 3 aliphatic rings. The molecule has 0 radical (unpaired) electrons. The van der Waals surface area contributed by atoms with E-state index < -0.39 is 68.1 Å². The smallest absolute Gasteiger partial charge is 0.259 e. The molecule has 3 aromatic rings. The number of carbonyl (C=O) groups is 3. The largest absolute Gasteiger partial charge is 0.497 e. The zero-order chi connectivity index (χ0) is 37.6. The minimum atomic E-state index is -3.89. The van der Waals surface area contributed by atoms with Gasteiger partial charge in [-0.3, -0.25) is 19.1 Å². The van der Waals surface area contributed by atoms with Gasteiger partial charge in [0, 0.05) is 31.0 Å². The highest BCUT2D eigenvalue weighted by Gasteiger charge is 2.62. The maximum atomic E-state index is 14.7. The number of hydrogen-bond acceptors (Lipinski definition) is 10. The molecule has 0 bridgehead atoms. The molecule has 3 amide bonds. The summed E-state index contributed by atoms with van der Waals surface area (Å²) in [6, 6.07) is 8.93. The van der Waals surface area contributed by atoms with Gasteiger partial charge in [0.1, 0.15) is 35.3 Å². The Labute approximate surface area is 300 Å². The van der Waals surface area contributed by atoms with Crippen LogP contribution in [-0.4, -0.2) is 83.6 Å². The number of likely N-dealkylation sites (tertiary alicyclic amines) is 1. The molecule has 5 atom stereocenters. The van der Waals surface area contributed by atoms with E-state index >= 15 is 0 Å². The van der Waals surface area contributed by atoms with Crippen LogP contribution in [0.2, 0.25) is 0 Å². The fourth-order valence-corrected chi connectivity index (χ4v) is 8.09. The molecule has 272 valence electrons. The summed E-state index contributed by atoms with van der Waals surface area (Å²) in [5.74, 6) is -0.987. The van der Waals surface area contributed by atoms with Crippen LogP contribution in [0.25, 0.3) is 10.8 Å². The van der Waals surface area contributed by atoms with Crippen molar-refractivity contribution in [2.24, 2.45) is 11.3 Å². The van der Waals surface area contributed by atoms with Crippen molar-refractivity contribution >= 4 is 44.3 Å². The first kappa shape index (κ1) is 34.7. The number of hydrogen-bond donors (Lipinski definition) is 3. The monoisotopic (exact) mass is 719 g/mol. The summed E-state index contributed by atoms with van der Waals surface area (Å²) in [5, 5.41) is 6.99. The lowest BCUT2D eigenvalue weighted by atomic mass is 9.85. The van der Waals surface area contributed by atoms with Gasteiger partial charge in [0.2, 0.25) is 27.7 Å². The molecule has 14 heteroatoms. The first-order chi connectivity index (χ1) is 24.6. The van der Waals surface area contributed by atoms with Gasteiger partial charge in [0.15, 0.2) is 0 Å². The number of aryl methyl sites for hydroxylation is 2. The lowest BCUT2D eigenvalue weighted by molar-refractivity contribution is -0.141. The molecule has 1 aromatic carbocycles. The summed E-state index contributed by atoms with van der Waals surface area (Å²) in [6.45, 7) is 11.0. The van der Waals surface area contributed by atoms with Crippen molar-refractivity contribution in [2.75, 3.05) is 19.0 Å². The van der Waals surface area contributed by atoms with Crippen LogP contribution in [-0.2, 0) is 24.4 Å². The number of sulfonamides is 1. The Hall–Kier alpha value is -4.72. The zero-order valence-electron chi connectivity index (χ0n) is 30.6. The van der Waals surface area contributed by atoms with Gasteiger partial charge < -0.3 is 25.0 Å². The molecule has 2 saturated carbocycles. The van der Waals surface area contributed by atoms with Crippen LogP contribution in [0.5, 0.6) is 11.6 Å². The van der Waals surface area contributed by atoms with Crippen LogP contribution >= 0.6 is 0 Å². The maximum Gasteiger partial charge on any atom is 0.259 e. The first-order valence-electron chi connectivity index (χ1n) is 17.7. The third kappa shape index (κ3) is 7.51. The van der Waals surface area contributed by atoms with Crippen LogP contribution in [0.1, 0.15) is 59.1 Å². The molecule has 3 fully saturated rings. The molecule has 3 N–H and O–H groups in total. The van der Waals surface area contributed by atoms with Crippen molar-refractivity contribution in [1.82, 2.24) is 24.9 Å². The number of rotatable bonds is 12. The summed E-state index contributed by atoms with van der Waals surface area (Å²) < 4.78 is 47.7. The van der Waals surface area contributed by atoms with Crippen LogP contribution in [0.4, 0.5) is 5.82 Å². The number of aromatic nitrogens is 2. The second kappa shape index (κ2) is 13.4. The molecule has 1 saturated heterocycles. The lowest BCUT2D eigenvalue weighted by Gasteiger charge is -2.36. The van der Waals surface area contributed by atoms with Crippen molar-refractivity contribution in [3.8, 4) is 11.6 Å². The molecular weight excluding hydrogens is 673 g/mol. The second-order valence-corrected chi connectivity index (χ2v) is 16.6. The number of anilines is 1. The number of nitrogens with one attached hydrogen (secondary N) is 3. The predicted octanol–water partition coefficient (Wildman–Crippen LogP) is 3.80. The minimum absolute atomic E-state index is 0.00216. The Morgan fingerprint density at radius 1 is 1.18 bits per heavy atom. The molecule has 6 rings (SSSR count). The van der Waals surface area contributed by atoms with Crippen molar-refractivity contribution in [3.05, 3.63) is 66.5 Å². The highest BCUT2D eigenvalue weighted by atomic mass is 32.2. The third-order valence-electron chi connectivity index (χ3n) is 9.73. The van der Waals surface area contributed by atoms with E-state index in [0.29, 0.717) is 35.7 Å². The lowest BCUT2D eigenvalue weighted by Crippen LogP contribution is -2.58. The Morgan fingerprint density at radius 3 is 2.59 bits per heavy atom. The van der Waals surface area contributed by atoms with Crippen molar-refractivity contribution < 1.29 is 33.6 Å². The third-order valence-corrected chi connectivity index (χ3v) is 11.5. The number of amides is 3. The van der Waals surface area contributed by atoms with Gasteiger partial charge in [-0.1, -0.05) is 26.8 Å². The summed E-state index contributed by atoms with van der Waals surface area (Å²) >= 11 is 0. The van der Waals surface area contributed by atoms with Gasteiger partial charge in [0.25, 0.3) is 5.91 Å². The molecule has 2 aromatic heterocycles. The van der Waals surface area contributed by atoms with Crippen molar-refractivity contribution in [1.29, 1.82) is 0 Å². The Kier molecular flexibility index (Phi) is 9.15. The molecule has 13 nitrogen and oxygen atoms in total. The average molecular weight is 720 g/mol. The Bertz CT molecular complexity index is 2000. The molecule has 51 heavy (non-hydrogen) atoms. The zero-order valence-corrected chi connectivity index (χ0v) is 30.4. The fourth-order valence-electron chi connectivity index (χ4n) is 6.72. The van der Waals surface area contributed by atoms with Gasteiger partial charge in [-0.25, -0.2) is 18.4 Å². The van der Waals surface area contributed by atoms with Crippen LogP contribution in [0.3, 0.4) is 0 Å². The number of pyridine rings is 2. The van der Waals surface area contributed by atoms with Crippen molar-refractivity contribution in [3.63, 3.8) is 0 Å². The number of nitrogens with zero attached hydrogens (tertiary/aromatic N) is 3. The second-order valence-electron chi connectivity index (χ2n) is 14.6. The molecule has 3 heterocycles. The number of carbonyl (C=O) groups excluding carboxylic acids is 3. The fraction of sp³-hybridized carbons (Fsp3) is 0.486. The van der Waals surface area contributed by atoms with E-state index in [1.807, 2.05) is 44.2 Å². The highest BCUT2D eigenvalue weighted by molar-refractivity contribution is 7.91. The van der Waals surface area contributed by atoms with E-state index in [-0.39, 0.29) is 26.3 Å². The quantitative estimate of drug-likeness (QED) is 0.234. The number of benzene rings is 1. The summed E-state index contributed by atoms with van der Waals surface area (Å²) in [6.07, 6.45) is 3.58. The molecule has 0 unspecified atom stereocenters. The van der Waals surface area contributed by atoms with Gasteiger partial charge >= 0.3 is 0 Å².